The number of aliphatic hydroxyl groups is 1. The van der Waals surface area contributed by atoms with Crippen molar-refractivity contribution in [2.24, 2.45) is 0 Å². The summed E-state index contributed by atoms with van der Waals surface area (Å²) < 4.78 is 11.2. The first-order valence-electron chi connectivity index (χ1n) is 5.91. The van der Waals surface area contributed by atoms with Gasteiger partial charge in [-0.1, -0.05) is 23.7 Å². The molecule has 3 nitrogen and oxygen atoms in total. The lowest BCUT2D eigenvalue weighted by molar-refractivity contribution is 0.214. The monoisotopic (exact) mass is 356 g/mol. The van der Waals surface area contributed by atoms with Gasteiger partial charge in [0.15, 0.2) is 0 Å². The number of ether oxygens (including phenoxy) is 2. The van der Waals surface area contributed by atoms with Crippen molar-refractivity contribution >= 4 is 27.5 Å². The molecule has 0 radical (unpaired) electrons. The SMILES string of the molecule is COc1ccc(C(O)c2ccc(Cl)cc2OC)cc1Br. The van der Waals surface area contributed by atoms with Crippen molar-refractivity contribution in [2.45, 2.75) is 6.10 Å². The second-order valence-corrected chi connectivity index (χ2v) is 5.47. The molecule has 1 unspecified atom stereocenters. The number of hydrogen-bond acceptors (Lipinski definition) is 3. The molecule has 0 heterocycles. The predicted molar refractivity (Wildman–Crippen MR) is 82.8 cm³/mol. The molecule has 2 aromatic rings. The Hall–Kier alpha value is -1.23. The topological polar surface area (TPSA) is 38.7 Å². The first kappa shape index (κ1) is 15.2. The van der Waals surface area contributed by atoms with E-state index in [1.807, 2.05) is 12.1 Å². The minimum absolute atomic E-state index is 0.553. The van der Waals surface area contributed by atoms with Crippen LogP contribution in [-0.2, 0) is 0 Å². The van der Waals surface area contributed by atoms with E-state index in [9.17, 15) is 5.11 Å². The molecule has 0 saturated carbocycles. The lowest BCUT2D eigenvalue weighted by Gasteiger charge is -2.16. The Bertz CT molecular complexity index is 616. The maximum atomic E-state index is 10.5. The van der Waals surface area contributed by atoms with Crippen LogP contribution in [-0.4, -0.2) is 19.3 Å². The van der Waals surface area contributed by atoms with E-state index in [-0.39, 0.29) is 0 Å². The third-order valence-electron chi connectivity index (χ3n) is 2.98. The van der Waals surface area contributed by atoms with E-state index in [2.05, 4.69) is 15.9 Å². The number of hydrogen-bond donors (Lipinski definition) is 1. The summed E-state index contributed by atoms with van der Waals surface area (Å²) in [7, 11) is 3.14. The van der Waals surface area contributed by atoms with Crippen LogP contribution in [0.1, 0.15) is 17.2 Å². The maximum Gasteiger partial charge on any atom is 0.133 e. The molecular formula is C15H14BrClO3. The number of benzene rings is 2. The van der Waals surface area contributed by atoms with Gasteiger partial charge in [-0.3, -0.25) is 0 Å². The smallest absolute Gasteiger partial charge is 0.133 e. The fourth-order valence-electron chi connectivity index (χ4n) is 1.94. The van der Waals surface area contributed by atoms with Crippen molar-refractivity contribution in [1.82, 2.24) is 0 Å². The highest BCUT2D eigenvalue weighted by molar-refractivity contribution is 9.10. The molecule has 0 aromatic heterocycles. The van der Waals surface area contributed by atoms with E-state index >= 15 is 0 Å². The molecule has 0 fully saturated rings. The summed E-state index contributed by atoms with van der Waals surface area (Å²) in [6, 6.07) is 10.6. The molecule has 2 aromatic carbocycles. The highest BCUT2D eigenvalue weighted by Gasteiger charge is 2.17. The van der Waals surface area contributed by atoms with Crippen LogP contribution in [0.15, 0.2) is 40.9 Å². The third-order valence-corrected chi connectivity index (χ3v) is 3.84. The second kappa shape index (κ2) is 6.48. The van der Waals surface area contributed by atoms with E-state index in [0.29, 0.717) is 22.1 Å². The molecule has 0 spiro atoms. The zero-order valence-electron chi connectivity index (χ0n) is 11.1. The Morgan fingerprint density at radius 2 is 1.75 bits per heavy atom. The summed E-state index contributed by atoms with van der Waals surface area (Å²) >= 11 is 9.33. The summed E-state index contributed by atoms with van der Waals surface area (Å²) in [6.45, 7) is 0. The molecular weight excluding hydrogens is 344 g/mol. The average Bonchev–Trinajstić information content (AvgIpc) is 2.46. The van der Waals surface area contributed by atoms with Crippen LogP contribution in [0, 0.1) is 0 Å². The van der Waals surface area contributed by atoms with E-state index in [0.717, 1.165) is 10.0 Å². The lowest BCUT2D eigenvalue weighted by atomic mass is 10.0. The van der Waals surface area contributed by atoms with Crippen molar-refractivity contribution < 1.29 is 14.6 Å². The van der Waals surface area contributed by atoms with Gasteiger partial charge in [0, 0.05) is 10.6 Å². The molecule has 0 aliphatic carbocycles. The third kappa shape index (κ3) is 3.08. The summed E-state index contributed by atoms with van der Waals surface area (Å²) in [5.41, 5.74) is 1.40. The minimum atomic E-state index is -0.801. The number of rotatable bonds is 4. The summed E-state index contributed by atoms with van der Waals surface area (Å²) in [5, 5.41) is 11.1. The van der Waals surface area contributed by atoms with Crippen molar-refractivity contribution in [2.75, 3.05) is 14.2 Å². The molecule has 2 rings (SSSR count). The molecule has 1 N–H and O–H groups in total. The van der Waals surface area contributed by atoms with Crippen molar-refractivity contribution in [1.29, 1.82) is 0 Å². The van der Waals surface area contributed by atoms with E-state index in [1.165, 1.54) is 0 Å². The minimum Gasteiger partial charge on any atom is -0.496 e. The maximum absolute atomic E-state index is 10.5. The van der Waals surface area contributed by atoms with Gasteiger partial charge in [-0.05, 0) is 45.8 Å². The molecule has 1 atom stereocenters. The van der Waals surface area contributed by atoms with Crippen LogP contribution in [0.5, 0.6) is 11.5 Å². The molecule has 0 saturated heterocycles. The van der Waals surface area contributed by atoms with E-state index in [4.69, 9.17) is 21.1 Å². The molecule has 0 aliphatic heterocycles. The lowest BCUT2D eigenvalue weighted by Crippen LogP contribution is -2.02. The van der Waals surface area contributed by atoms with Gasteiger partial charge in [0.05, 0.1) is 18.7 Å². The van der Waals surface area contributed by atoms with Gasteiger partial charge in [0.1, 0.15) is 17.6 Å². The molecule has 20 heavy (non-hydrogen) atoms. The van der Waals surface area contributed by atoms with Gasteiger partial charge in [-0.25, -0.2) is 0 Å². The Labute approximate surface area is 131 Å². The zero-order chi connectivity index (χ0) is 14.7. The van der Waals surface area contributed by atoms with Crippen LogP contribution < -0.4 is 9.47 Å². The highest BCUT2D eigenvalue weighted by Crippen LogP contribution is 2.35. The molecule has 0 aliphatic rings. The Morgan fingerprint density at radius 1 is 1.05 bits per heavy atom. The zero-order valence-corrected chi connectivity index (χ0v) is 13.4. The van der Waals surface area contributed by atoms with Gasteiger partial charge < -0.3 is 14.6 Å². The predicted octanol–water partition coefficient (Wildman–Crippen LogP) is 4.20. The summed E-state index contributed by atoms with van der Waals surface area (Å²) in [5.74, 6) is 1.26. The standard InChI is InChI=1S/C15H14BrClO3/c1-19-13-6-3-9(7-12(13)16)15(18)11-5-4-10(17)8-14(11)20-2/h3-8,15,18H,1-2H3. The largest absolute Gasteiger partial charge is 0.496 e. The van der Waals surface area contributed by atoms with E-state index < -0.39 is 6.10 Å². The van der Waals surface area contributed by atoms with Gasteiger partial charge in [-0.15, -0.1) is 0 Å². The van der Waals surface area contributed by atoms with Crippen molar-refractivity contribution in [3.05, 3.63) is 57.0 Å². The van der Waals surface area contributed by atoms with Crippen molar-refractivity contribution in [3.8, 4) is 11.5 Å². The van der Waals surface area contributed by atoms with Crippen LogP contribution in [0.4, 0.5) is 0 Å². The molecule has 0 amide bonds. The van der Waals surface area contributed by atoms with Gasteiger partial charge in [0.2, 0.25) is 0 Å². The van der Waals surface area contributed by atoms with E-state index in [1.54, 1.807) is 38.5 Å². The molecule has 5 heteroatoms. The molecule has 0 bridgehead atoms. The fraction of sp³-hybridized carbons (Fsp3) is 0.200. The molecule has 106 valence electrons. The summed E-state index contributed by atoms with van der Waals surface area (Å²) in [4.78, 5) is 0. The quantitative estimate of drug-likeness (QED) is 0.891. The average molecular weight is 358 g/mol. The second-order valence-electron chi connectivity index (χ2n) is 4.18. The van der Waals surface area contributed by atoms with Crippen LogP contribution >= 0.6 is 27.5 Å². The normalized spacial score (nSPS) is 12.1. The van der Waals surface area contributed by atoms with Crippen molar-refractivity contribution in [3.63, 3.8) is 0 Å². The van der Waals surface area contributed by atoms with Crippen LogP contribution in [0.2, 0.25) is 5.02 Å². The Balaban J connectivity index is 2.40. The Kier molecular flexibility index (Phi) is 4.91. The van der Waals surface area contributed by atoms with Gasteiger partial charge in [0.25, 0.3) is 0 Å². The van der Waals surface area contributed by atoms with Crippen LogP contribution in [0.25, 0.3) is 0 Å². The number of halogens is 2. The van der Waals surface area contributed by atoms with Gasteiger partial charge >= 0.3 is 0 Å². The van der Waals surface area contributed by atoms with Crippen LogP contribution in [0.3, 0.4) is 0 Å². The number of aliphatic hydroxyl groups excluding tert-OH is 1. The summed E-state index contributed by atoms with van der Waals surface area (Å²) in [6.07, 6.45) is -0.801. The fourth-order valence-corrected chi connectivity index (χ4v) is 2.66. The highest BCUT2D eigenvalue weighted by atomic mass is 79.9. The Morgan fingerprint density at radius 3 is 2.35 bits per heavy atom. The first-order chi connectivity index (χ1) is 9.56. The number of methoxy groups -OCH3 is 2. The van der Waals surface area contributed by atoms with Gasteiger partial charge in [-0.2, -0.15) is 0 Å². The first-order valence-corrected chi connectivity index (χ1v) is 7.09.